The molecule has 0 radical (unpaired) electrons. The fraction of sp³-hybridized carbons (Fsp3) is 0.364. The Hall–Kier alpha value is -1.33. The smallest absolute Gasteiger partial charge is 0.144 e. The lowest BCUT2D eigenvalue weighted by molar-refractivity contribution is 0.160. The van der Waals surface area contributed by atoms with Crippen LogP contribution in [0, 0.1) is 0 Å². The Morgan fingerprint density at radius 3 is 3.06 bits per heavy atom. The second kappa shape index (κ2) is 3.92. The fourth-order valence-corrected chi connectivity index (χ4v) is 3.01. The van der Waals surface area contributed by atoms with Crippen molar-refractivity contribution in [3.8, 4) is 10.7 Å². The highest BCUT2D eigenvalue weighted by atomic mass is 32.1. The van der Waals surface area contributed by atoms with Crippen LogP contribution in [0.15, 0.2) is 18.6 Å². The largest absolute Gasteiger partial charge is 0.388 e. The van der Waals surface area contributed by atoms with Crippen LogP contribution < -0.4 is 0 Å². The molecule has 0 fully saturated rings. The van der Waals surface area contributed by atoms with Crippen LogP contribution in [0.1, 0.15) is 29.5 Å². The standard InChI is InChI=1S/C11H11N3OS/c15-9-3-1-2-7-10(9)16-11(14-7)8-6-12-4-5-13-8/h4-6,9,15H,1-3H2. The molecule has 82 valence electrons. The van der Waals surface area contributed by atoms with Gasteiger partial charge in [-0.3, -0.25) is 9.97 Å². The number of thiazole rings is 1. The zero-order valence-corrected chi connectivity index (χ0v) is 9.44. The molecule has 0 bridgehead atoms. The maximum atomic E-state index is 9.86. The summed E-state index contributed by atoms with van der Waals surface area (Å²) < 4.78 is 0. The van der Waals surface area contributed by atoms with E-state index in [1.807, 2.05) is 0 Å². The maximum Gasteiger partial charge on any atom is 0.144 e. The SMILES string of the molecule is OC1CCCc2nc(-c3cnccn3)sc21. The Bertz CT molecular complexity index is 497. The molecule has 2 aromatic rings. The molecule has 5 heteroatoms. The average molecular weight is 233 g/mol. The summed E-state index contributed by atoms with van der Waals surface area (Å²) in [6, 6.07) is 0. The predicted octanol–water partition coefficient (Wildman–Crippen LogP) is 1.97. The molecule has 1 N–H and O–H groups in total. The summed E-state index contributed by atoms with van der Waals surface area (Å²) >= 11 is 1.53. The molecule has 1 atom stereocenters. The van der Waals surface area contributed by atoms with Gasteiger partial charge in [0.15, 0.2) is 0 Å². The van der Waals surface area contributed by atoms with Crippen molar-refractivity contribution in [2.45, 2.75) is 25.4 Å². The Balaban J connectivity index is 2.05. The topological polar surface area (TPSA) is 58.9 Å². The summed E-state index contributed by atoms with van der Waals surface area (Å²) in [5, 5.41) is 10.7. The van der Waals surface area contributed by atoms with Crippen LogP contribution >= 0.6 is 11.3 Å². The van der Waals surface area contributed by atoms with Crippen LogP contribution in [0.4, 0.5) is 0 Å². The predicted molar refractivity (Wildman–Crippen MR) is 61.0 cm³/mol. The second-order valence-electron chi connectivity index (χ2n) is 3.83. The molecule has 2 aromatic heterocycles. The van der Waals surface area contributed by atoms with E-state index in [0.717, 1.165) is 40.5 Å². The molecule has 0 aliphatic heterocycles. The van der Waals surface area contributed by atoms with Crippen molar-refractivity contribution in [1.82, 2.24) is 15.0 Å². The zero-order chi connectivity index (χ0) is 11.0. The lowest BCUT2D eigenvalue weighted by Crippen LogP contribution is -2.06. The first-order valence-electron chi connectivity index (χ1n) is 5.28. The van der Waals surface area contributed by atoms with Gasteiger partial charge in [-0.05, 0) is 19.3 Å². The van der Waals surface area contributed by atoms with Gasteiger partial charge in [0.05, 0.1) is 22.9 Å². The number of rotatable bonds is 1. The van der Waals surface area contributed by atoms with E-state index >= 15 is 0 Å². The van der Waals surface area contributed by atoms with E-state index < -0.39 is 0 Å². The summed E-state index contributed by atoms with van der Waals surface area (Å²) in [5.41, 5.74) is 1.82. The Labute approximate surface area is 97.0 Å². The Morgan fingerprint density at radius 1 is 1.38 bits per heavy atom. The van der Waals surface area contributed by atoms with Crippen LogP contribution in [-0.4, -0.2) is 20.1 Å². The lowest BCUT2D eigenvalue weighted by atomic mass is 10.0. The molecular weight excluding hydrogens is 222 g/mol. The highest BCUT2D eigenvalue weighted by Crippen LogP contribution is 2.36. The molecule has 0 aromatic carbocycles. The van der Waals surface area contributed by atoms with Gasteiger partial charge in [-0.1, -0.05) is 0 Å². The van der Waals surface area contributed by atoms with Crippen molar-refractivity contribution in [2.75, 3.05) is 0 Å². The average Bonchev–Trinajstić information content (AvgIpc) is 2.76. The van der Waals surface area contributed by atoms with E-state index in [1.165, 1.54) is 11.3 Å². The van der Waals surface area contributed by atoms with E-state index in [-0.39, 0.29) is 6.10 Å². The minimum Gasteiger partial charge on any atom is -0.388 e. The summed E-state index contributed by atoms with van der Waals surface area (Å²) in [7, 11) is 0. The first kappa shape index (κ1) is 9.86. The molecule has 0 saturated heterocycles. The van der Waals surface area contributed by atoms with Gasteiger partial charge >= 0.3 is 0 Å². The van der Waals surface area contributed by atoms with Crippen molar-refractivity contribution in [3.63, 3.8) is 0 Å². The molecular formula is C11H11N3OS. The minimum absolute atomic E-state index is 0.341. The molecule has 16 heavy (non-hydrogen) atoms. The maximum absolute atomic E-state index is 9.86. The van der Waals surface area contributed by atoms with Crippen molar-refractivity contribution in [1.29, 1.82) is 0 Å². The van der Waals surface area contributed by atoms with Gasteiger partial charge < -0.3 is 5.11 Å². The van der Waals surface area contributed by atoms with Crippen molar-refractivity contribution in [2.24, 2.45) is 0 Å². The summed E-state index contributed by atoms with van der Waals surface area (Å²) in [6.07, 6.45) is 7.48. The van der Waals surface area contributed by atoms with Crippen molar-refractivity contribution < 1.29 is 5.11 Å². The van der Waals surface area contributed by atoms with Crippen LogP contribution in [0.2, 0.25) is 0 Å². The summed E-state index contributed by atoms with van der Waals surface area (Å²) in [6.45, 7) is 0. The number of nitrogens with zero attached hydrogens (tertiary/aromatic N) is 3. The van der Waals surface area contributed by atoms with Crippen molar-refractivity contribution >= 4 is 11.3 Å². The van der Waals surface area contributed by atoms with E-state index in [2.05, 4.69) is 15.0 Å². The van der Waals surface area contributed by atoms with E-state index in [4.69, 9.17) is 0 Å². The highest BCUT2D eigenvalue weighted by Gasteiger charge is 2.23. The van der Waals surface area contributed by atoms with Crippen molar-refractivity contribution in [3.05, 3.63) is 29.2 Å². The molecule has 0 amide bonds. The monoisotopic (exact) mass is 233 g/mol. The first-order valence-corrected chi connectivity index (χ1v) is 6.10. The van der Waals surface area contributed by atoms with E-state index in [0.29, 0.717) is 0 Å². The van der Waals surface area contributed by atoms with Crippen LogP contribution in [0.25, 0.3) is 10.7 Å². The summed E-state index contributed by atoms with van der Waals surface area (Å²) in [4.78, 5) is 13.8. The van der Waals surface area contributed by atoms with Gasteiger partial charge in [-0.25, -0.2) is 4.98 Å². The third-order valence-electron chi connectivity index (χ3n) is 2.70. The zero-order valence-electron chi connectivity index (χ0n) is 8.63. The van der Waals surface area contributed by atoms with E-state index in [9.17, 15) is 5.11 Å². The second-order valence-corrected chi connectivity index (χ2v) is 4.86. The van der Waals surface area contributed by atoms with Gasteiger partial charge in [0, 0.05) is 12.4 Å². The van der Waals surface area contributed by atoms with Crippen LogP contribution in [0.5, 0.6) is 0 Å². The number of aromatic nitrogens is 3. The number of aryl methyl sites for hydroxylation is 1. The van der Waals surface area contributed by atoms with Crippen LogP contribution in [-0.2, 0) is 6.42 Å². The number of fused-ring (bicyclic) bond motifs is 1. The molecule has 0 saturated carbocycles. The molecule has 1 unspecified atom stereocenters. The number of aliphatic hydroxyl groups excluding tert-OH is 1. The number of hydrogen-bond donors (Lipinski definition) is 1. The fourth-order valence-electron chi connectivity index (χ4n) is 1.92. The Morgan fingerprint density at radius 2 is 2.31 bits per heavy atom. The molecule has 4 nitrogen and oxygen atoms in total. The highest BCUT2D eigenvalue weighted by molar-refractivity contribution is 7.15. The summed E-state index contributed by atoms with van der Waals surface area (Å²) in [5.74, 6) is 0. The Kier molecular flexibility index (Phi) is 2.41. The van der Waals surface area contributed by atoms with Crippen LogP contribution in [0.3, 0.4) is 0 Å². The van der Waals surface area contributed by atoms with Gasteiger partial charge in [0.2, 0.25) is 0 Å². The molecule has 1 aliphatic rings. The molecule has 1 aliphatic carbocycles. The normalized spacial score (nSPS) is 19.4. The minimum atomic E-state index is -0.341. The third-order valence-corrected chi connectivity index (χ3v) is 3.93. The molecule has 3 rings (SSSR count). The van der Waals surface area contributed by atoms with Gasteiger partial charge in [0.1, 0.15) is 10.7 Å². The quantitative estimate of drug-likeness (QED) is 0.818. The first-order chi connectivity index (χ1) is 7.84. The van der Waals surface area contributed by atoms with E-state index in [1.54, 1.807) is 18.6 Å². The lowest BCUT2D eigenvalue weighted by Gasteiger charge is -2.14. The third kappa shape index (κ3) is 1.62. The number of hydrogen-bond acceptors (Lipinski definition) is 5. The van der Waals surface area contributed by atoms with Gasteiger partial charge in [-0.2, -0.15) is 0 Å². The molecule has 0 spiro atoms. The molecule has 2 heterocycles. The van der Waals surface area contributed by atoms with Gasteiger partial charge in [0.25, 0.3) is 0 Å². The van der Waals surface area contributed by atoms with Gasteiger partial charge in [-0.15, -0.1) is 11.3 Å². The number of aliphatic hydroxyl groups is 1.